The second-order valence-electron chi connectivity index (χ2n) is 2.89. The maximum Gasteiger partial charge on any atom is 0.313 e. The number of nitriles is 1. The van der Waals surface area contributed by atoms with Crippen molar-refractivity contribution in [1.29, 1.82) is 5.26 Å². The van der Waals surface area contributed by atoms with Gasteiger partial charge in [0.05, 0.1) is 11.9 Å². The van der Waals surface area contributed by atoms with E-state index in [0.29, 0.717) is 0 Å². The van der Waals surface area contributed by atoms with E-state index in [-0.39, 0.29) is 28.2 Å². The number of carbonyl (C=O) groups excluding carboxylic acids is 1. The third kappa shape index (κ3) is 4.08. The Labute approximate surface area is 101 Å². The van der Waals surface area contributed by atoms with E-state index in [1.54, 1.807) is 0 Å². The molecule has 0 fully saturated rings. The molecule has 1 rings (SSSR count). The van der Waals surface area contributed by atoms with Crippen LogP contribution in [-0.4, -0.2) is 32.7 Å². The van der Waals surface area contributed by atoms with Crippen molar-refractivity contribution in [3.63, 3.8) is 0 Å². The SMILES string of the molecule is CC(=O)Nc1nc(SCC(=O)O)ncc1C#N. The minimum atomic E-state index is -0.996. The van der Waals surface area contributed by atoms with Crippen molar-refractivity contribution >= 4 is 29.5 Å². The van der Waals surface area contributed by atoms with Crippen molar-refractivity contribution < 1.29 is 14.7 Å². The van der Waals surface area contributed by atoms with E-state index < -0.39 is 5.97 Å². The standard InChI is InChI=1S/C9H8N4O3S/c1-5(14)12-8-6(2-10)3-11-9(13-8)17-4-7(15)16/h3H,4H2,1H3,(H,15,16)(H,11,12,13,14). The summed E-state index contributed by atoms with van der Waals surface area (Å²) in [4.78, 5) is 28.9. The maximum absolute atomic E-state index is 10.9. The summed E-state index contributed by atoms with van der Waals surface area (Å²) in [6, 6.07) is 1.83. The van der Waals surface area contributed by atoms with Crippen molar-refractivity contribution in [2.24, 2.45) is 0 Å². The highest BCUT2D eigenvalue weighted by Gasteiger charge is 2.09. The van der Waals surface area contributed by atoms with Gasteiger partial charge in [-0.2, -0.15) is 5.26 Å². The summed E-state index contributed by atoms with van der Waals surface area (Å²) >= 11 is 0.906. The van der Waals surface area contributed by atoms with Gasteiger partial charge in [-0.3, -0.25) is 9.59 Å². The lowest BCUT2D eigenvalue weighted by Crippen LogP contribution is -2.10. The second-order valence-corrected chi connectivity index (χ2v) is 3.83. The average molecular weight is 252 g/mol. The number of carboxylic acids is 1. The Balaban J connectivity index is 2.92. The summed E-state index contributed by atoms with van der Waals surface area (Å²) in [6.45, 7) is 1.29. The minimum Gasteiger partial charge on any atom is -0.481 e. The topological polar surface area (TPSA) is 116 Å². The molecule has 0 atom stereocenters. The smallest absolute Gasteiger partial charge is 0.313 e. The van der Waals surface area contributed by atoms with Crippen LogP contribution in [0.15, 0.2) is 11.4 Å². The molecule has 0 radical (unpaired) electrons. The normalized spacial score (nSPS) is 9.41. The number of nitrogens with zero attached hydrogens (tertiary/aromatic N) is 3. The highest BCUT2D eigenvalue weighted by molar-refractivity contribution is 7.99. The number of rotatable bonds is 4. The molecule has 2 N–H and O–H groups in total. The average Bonchev–Trinajstić information content (AvgIpc) is 2.25. The molecule has 0 aromatic carbocycles. The first kappa shape index (κ1) is 12.9. The molecule has 0 saturated heterocycles. The summed E-state index contributed by atoms with van der Waals surface area (Å²) < 4.78 is 0. The van der Waals surface area contributed by atoms with Crippen LogP contribution in [0.5, 0.6) is 0 Å². The number of carboxylic acid groups (broad SMARTS) is 1. The number of nitrogens with one attached hydrogen (secondary N) is 1. The van der Waals surface area contributed by atoms with Crippen LogP contribution in [0.4, 0.5) is 5.82 Å². The second kappa shape index (κ2) is 5.81. The van der Waals surface area contributed by atoms with Crippen LogP contribution < -0.4 is 5.32 Å². The summed E-state index contributed by atoms with van der Waals surface area (Å²) in [7, 11) is 0. The Morgan fingerprint density at radius 2 is 2.35 bits per heavy atom. The molecule has 8 heteroatoms. The largest absolute Gasteiger partial charge is 0.481 e. The fraction of sp³-hybridized carbons (Fsp3) is 0.222. The maximum atomic E-state index is 10.9. The van der Waals surface area contributed by atoms with Crippen LogP contribution in [0.3, 0.4) is 0 Å². The van der Waals surface area contributed by atoms with E-state index in [0.717, 1.165) is 11.8 Å². The van der Waals surface area contributed by atoms with Crippen LogP contribution in [-0.2, 0) is 9.59 Å². The number of amides is 1. The zero-order valence-electron chi connectivity index (χ0n) is 8.80. The van der Waals surface area contributed by atoms with Gasteiger partial charge in [-0.1, -0.05) is 11.8 Å². The zero-order valence-corrected chi connectivity index (χ0v) is 9.61. The van der Waals surface area contributed by atoms with Crippen LogP contribution >= 0.6 is 11.8 Å². The van der Waals surface area contributed by atoms with Gasteiger partial charge >= 0.3 is 5.97 Å². The summed E-state index contributed by atoms with van der Waals surface area (Å²) in [5, 5.41) is 19.8. The molecule has 0 saturated carbocycles. The number of carbonyl (C=O) groups is 2. The Kier molecular flexibility index (Phi) is 4.42. The number of aromatic nitrogens is 2. The molecule has 0 aliphatic carbocycles. The Morgan fingerprint density at radius 3 is 2.88 bits per heavy atom. The third-order valence-corrected chi connectivity index (χ3v) is 2.35. The molecule has 0 aliphatic rings. The molecule has 1 heterocycles. The van der Waals surface area contributed by atoms with Gasteiger partial charge in [0.2, 0.25) is 5.91 Å². The molecule has 0 bridgehead atoms. The molecule has 1 aromatic heterocycles. The van der Waals surface area contributed by atoms with Gasteiger partial charge in [0.15, 0.2) is 11.0 Å². The third-order valence-electron chi connectivity index (χ3n) is 1.51. The first-order valence-corrected chi connectivity index (χ1v) is 5.41. The fourth-order valence-electron chi connectivity index (χ4n) is 0.905. The monoisotopic (exact) mass is 252 g/mol. The van der Waals surface area contributed by atoms with Crippen LogP contribution in [0.2, 0.25) is 0 Å². The molecule has 1 aromatic rings. The predicted molar refractivity (Wildman–Crippen MR) is 59.4 cm³/mol. The molecule has 1 amide bonds. The Morgan fingerprint density at radius 1 is 1.65 bits per heavy atom. The van der Waals surface area contributed by atoms with E-state index >= 15 is 0 Å². The van der Waals surface area contributed by atoms with E-state index in [4.69, 9.17) is 10.4 Å². The van der Waals surface area contributed by atoms with Gasteiger partial charge in [-0.25, -0.2) is 9.97 Å². The minimum absolute atomic E-state index is 0.0860. The van der Waals surface area contributed by atoms with Gasteiger partial charge in [-0.15, -0.1) is 0 Å². The van der Waals surface area contributed by atoms with Crippen LogP contribution in [0, 0.1) is 11.3 Å². The Hall–Kier alpha value is -2.14. The van der Waals surface area contributed by atoms with Crippen molar-refractivity contribution in [1.82, 2.24) is 9.97 Å². The molecule has 88 valence electrons. The molecule has 0 unspecified atom stereocenters. The highest BCUT2D eigenvalue weighted by Crippen LogP contribution is 2.17. The first-order valence-electron chi connectivity index (χ1n) is 4.42. The molecule has 7 nitrogen and oxygen atoms in total. The number of anilines is 1. The lowest BCUT2D eigenvalue weighted by atomic mass is 10.3. The van der Waals surface area contributed by atoms with Crippen molar-refractivity contribution in [3.8, 4) is 6.07 Å². The lowest BCUT2D eigenvalue weighted by molar-refractivity contribution is -0.133. The van der Waals surface area contributed by atoms with E-state index in [1.165, 1.54) is 13.1 Å². The van der Waals surface area contributed by atoms with E-state index in [9.17, 15) is 9.59 Å². The van der Waals surface area contributed by atoms with Crippen LogP contribution in [0.1, 0.15) is 12.5 Å². The number of thioether (sulfide) groups is 1. The number of hydrogen-bond donors (Lipinski definition) is 2. The van der Waals surface area contributed by atoms with Crippen LogP contribution in [0.25, 0.3) is 0 Å². The molecule has 17 heavy (non-hydrogen) atoms. The molecule has 0 aliphatic heterocycles. The quantitative estimate of drug-likeness (QED) is 0.591. The van der Waals surface area contributed by atoms with Crippen molar-refractivity contribution in [2.75, 3.05) is 11.1 Å². The number of hydrogen-bond acceptors (Lipinski definition) is 6. The van der Waals surface area contributed by atoms with Gasteiger partial charge < -0.3 is 10.4 Å². The number of aliphatic carboxylic acids is 1. The summed E-state index contributed by atoms with van der Waals surface area (Å²) in [6.07, 6.45) is 1.24. The summed E-state index contributed by atoms with van der Waals surface area (Å²) in [5.74, 6) is -1.47. The van der Waals surface area contributed by atoms with E-state index in [1.807, 2.05) is 6.07 Å². The molecular formula is C9H8N4O3S. The predicted octanol–water partition coefficient (Wildman–Crippen LogP) is 0.483. The zero-order chi connectivity index (χ0) is 12.8. The van der Waals surface area contributed by atoms with Crippen molar-refractivity contribution in [3.05, 3.63) is 11.8 Å². The first-order chi connectivity index (χ1) is 8.02. The van der Waals surface area contributed by atoms with Gasteiger partial charge in [0.1, 0.15) is 11.6 Å². The van der Waals surface area contributed by atoms with Gasteiger partial charge in [0, 0.05) is 6.92 Å². The highest BCUT2D eigenvalue weighted by atomic mass is 32.2. The fourth-order valence-corrected chi connectivity index (χ4v) is 1.44. The molecule has 0 spiro atoms. The van der Waals surface area contributed by atoms with E-state index in [2.05, 4.69) is 15.3 Å². The van der Waals surface area contributed by atoms with Gasteiger partial charge in [-0.05, 0) is 0 Å². The van der Waals surface area contributed by atoms with Gasteiger partial charge in [0.25, 0.3) is 0 Å². The lowest BCUT2D eigenvalue weighted by Gasteiger charge is -2.04. The molecular weight excluding hydrogens is 244 g/mol. The summed E-state index contributed by atoms with van der Waals surface area (Å²) in [5.41, 5.74) is 0.125. The Bertz CT molecular complexity index is 498. The van der Waals surface area contributed by atoms with Crippen molar-refractivity contribution in [2.45, 2.75) is 12.1 Å².